The summed E-state index contributed by atoms with van der Waals surface area (Å²) in [7, 11) is 0. The molecule has 1 aliphatic heterocycles. The van der Waals surface area contributed by atoms with Gasteiger partial charge in [-0.25, -0.2) is 0 Å². The van der Waals surface area contributed by atoms with E-state index in [9.17, 15) is 35.7 Å². The Bertz CT molecular complexity index is 537. The first-order valence-electron chi connectivity index (χ1n) is 9.63. The summed E-state index contributed by atoms with van der Waals surface area (Å²) >= 11 is 0. The van der Waals surface area contributed by atoms with Gasteiger partial charge in [-0.3, -0.25) is 0 Å². The van der Waals surface area contributed by atoms with Crippen molar-refractivity contribution < 1.29 is 45.2 Å². The Hall–Kier alpha value is -0.620. The summed E-state index contributed by atoms with van der Waals surface area (Å²) in [6.07, 6.45) is -4.80. The summed E-state index contributed by atoms with van der Waals surface area (Å²) in [4.78, 5) is 0. The number of rotatable bonds is 6. The predicted molar refractivity (Wildman–Crippen MR) is 98.0 cm³/mol. The van der Waals surface area contributed by atoms with Gasteiger partial charge in [0.25, 0.3) is 0 Å². The fraction of sp³-hybridized carbons (Fsp3) is 0.895. The lowest BCUT2D eigenvalue weighted by molar-refractivity contribution is -0.309. The lowest BCUT2D eigenvalue weighted by atomic mass is 9.60. The molecule has 0 aromatic carbocycles. The van der Waals surface area contributed by atoms with Crippen LogP contribution in [0.4, 0.5) is 0 Å². The maximum Gasteiger partial charge on any atom is 0.187 e. The van der Waals surface area contributed by atoms with Crippen molar-refractivity contribution in [3.8, 4) is 0 Å². The van der Waals surface area contributed by atoms with Gasteiger partial charge in [0, 0.05) is 0 Å². The number of ether oxygens (including phenoxy) is 2. The second-order valence-corrected chi connectivity index (χ2v) is 8.62. The largest absolute Gasteiger partial charge is 0.394 e. The molecular weight excluding hydrogens is 372 g/mol. The third-order valence-corrected chi connectivity index (χ3v) is 6.11. The third-order valence-electron chi connectivity index (χ3n) is 6.11. The first-order chi connectivity index (χ1) is 13.0. The fourth-order valence-corrected chi connectivity index (χ4v) is 4.24. The van der Waals surface area contributed by atoms with Crippen molar-refractivity contribution in [2.24, 2.45) is 11.3 Å². The molecule has 2 fully saturated rings. The highest BCUT2D eigenvalue weighted by molar-refractivity contribution is 5.15. The van der Waals surface area contributed by atoms with Crippen LogP contribution in [-0.2, 0) is 9.47 Å². The van der Waals surface area contributed by atoms with Crippen LogP contribution in [0.5, 0.6) is 0 Å². The monoisotopic (exact) mass is 406 g/mol. The van der Waals surface area contributed by atoms with Crippen LogP contribution < -0.4 is 0 Å². The lowest BCUT2D eigenvalue weighted by Gasteiger charge is -2.50. The van der Waals surface area contributed by atoms with E-state index in [0.717, 1.165) is 0 Å². The minimum atomic E-state index is -1.58. The Kier molecular flexibility index (Phi) is 7.63. The van der Waals surface area contributed by atoms with Crippen LogP contribution in [-0.4, -0.2) is 97.5 Å². The second-order valence-electron chi connectivity index (χ2n) is 8.62. The van der Waals surface area contributed by atoms with E-state index in [2.05, 4.69) is 0 Å². The molecule has 9 atom stereocenters. The molecule has 0 amide bonds. The highest BCUT2D eigenvalue weighted by Gasteiger charge is 2.50. The van der Waals surface area contributed by atoms with Crippen LogP contribution in [0.2, 0.25) is 0 Å². The molecule has 1 saturated heterocycles. The molecule has 7 N–H and O–H groups in total. The predicted octanol–water partition coefficient (Wildman–Crippen LogP) is -1.73. The Morgan fingerprint density at radius 2 is 1.75 bits per heavy atom. The van der Waals surface area contributed by atoms with Gasteiger partial charge in [-0.1, -0.05) is 32.9 Å². The summed E-state index contributed by atoms with van der Waals surface area (Å²) < 4.78 is 10.8. The molecule has 0 aromatic rings. The van der Waals surface area contributed by atoms with Crippen molar-refractivity contribution >= 4 is 0 Å². The number of aliphatic hydroxyl groups excluding tert-OH is 6. The van der Waals surface area contributed by atoms with Crippen molar-refractivity contribution in [2.45, 2.75) is 82.1 Å². The summed E-state index contributed by atoms with van der Waals surface area (Å²) in [6, 6.07) is 0. The molecule has 2 aliphatic rings. The van der Waals surface area contributed by atoms with Crippen molar-refractivity contribution in [3.63, 3.8) is 0 Å². The first-order valence-corrected chi connectivity index (χ1v) is 9.63. The highest BCUT2D eigenvalue weighted by Crippen LogP contribution is 2.48. The van der Waals surface area contributed by atoms with E-state index >= 15 is 0 Å². The Labute approximate surface area is 164 Å². The van der Waals surface area contributed by atoms with Crippen molar-refractivity contribution in [2.75, 3.05) is 13.2 Å². The average molecular weight is 406 g/mol. The van der Waals surface area contributed by atoms with Crippen LogP contribution in [0.1, 0.15) is 33.6 Å². The van der Waals surface area contributed by atoms with Crippen molar-refractivity contribution in [1.82, 2.24) is 0 Å². The SMILES string of the molecule is C[C@@H]1C[C@H](O)CC(C)(C)[C@@]1(O)/C=C/C(CO)O[C@@H]1O[C@H](CO)[C@@H](O)[C@H](O)[C@H]1O. The summed E-state index contributed by atoms with van der Waals surface area (Å²) in [5.74, 6) is -0.242. The molecule has 1 aliphatic carbocycles. The van der Waals surface area contributed by atoms with Gasteiger partial charge in [0.15, 0.2) is 6.29 Å². The molecule has 1 unspecified atom stereocenters. The summed E-state index contributed by atoms with van der Waals surface area (Å²) in [5, 5.41) is 69.8. The molecule has 1 saturated carbocycles. The Balaban J connectivity index is 2.13. The van der Waals surface area contributed by atoms with Crippen molar-refractivity contribution in [3.05, 3.63) is 12.2 Å². The molecule has 0 bridgehead atoms. The van der Waals surface area contributed by atoms with E-state index in [1.807, 2.05) is 20.8 Å². The maximum atomic E-state index is 11.2. The van der Waals surface area contributed by atoms with Gasteiger partial charge in [-0.2, -0.15) is 0 Å². The standard InChI is InChI=1S/C19H34O9/c1-10-6-11(22)7-18(2,3)19(10,26)5-4-12(8-20)27-17-16(25)15(24)14(23)13(9-21)28-17/h4-5,10-17,20-26H,6-9H2,1-3H3/b5-4+/t10-,11+,12?,13-,14-,15+,16-,17-,19-/m1/s1. The molecule has 164 valence electrons. The van der Waals surface area contributed by atoms with Crippen LogP contribution >= 0.6 is 0 Å². The lowest BCUT2D eigenvalue weighted by Crippen LogP contribution is -2.59. The molecule has 1 heterocycles. The zero-order chi connectivity index (χ0) is 21.3. The average Bonchev–Trinajstić information content (AvgIpc) is 2.62. The van der Waals surface area contributed by atoms with Gasteiger partial charge in [0.05, 0.1) is 24.9 Å². The van der Waals surface area contributed by atoms with Gasteiger partial charge in [0.2, 0.25) is 0 Å². The molecule has 0 aromatic heterocycles. The smallest absolute Gasteiger partial charge is 0.187 e. The Morgan fingerprint density at radius 1 is 1.11 bits per heavy atom. The van der Waals surface area contributed by atoms with E-state index in [4.69, 9.17) is 9.47 Å². The number of aliphatic hydroxyl groups is 7. The van der Waals surface area contributed by atoms with Gasteiger partial charge >= 0.3 is 0 Å². The quantitative estimate of drug-likeness (QED) is 0.254. The van der Waals surface area contributed by atoms with E-state index in [0.29, 0.717) is 12.8 Å². The summed E-state index contributed by atoms with van der Waals surface area (Å²) in [6.45, 7) is 4.46. The number of hydrogen-bond acceptors (Lipinski definition) is 9. The van der Waals surface area contributed by atoms with Crippen LogP contribution in [0, 0.1) is 11.3 Å². The minimum Gasteiger partial charge on any atom is -0.394 e. The highest BCUT2D eigenvalue weighted by atomic mass is 16.7. The molecule has 9 heteroatoms. The van der Waals surface area contributed by atoms with Gasteiger partial charge < -0.3 is 45.2 Å². The fourth-order valence-electron chi connectivity index (χ4n) is 4.24. The van der Waals surface area contributed by atoms with E-state index in [-0.39, 0.29) is 5.92 Å². The van der Waals surface area contributed by atoms with Crippen LogP contribution in [0.3, 0.4) is 0 Å². The van der Waals surface area contributed by atoms with E-state index < -0.39 is 67.1 Å². The van der Waals surface area contributed by atoms with Crippen LogP contribution in [0.15, 0.2) is 12.2 Å². The van der Waals surface area contributed by atoms with Crippen molar-refractivity contribution in [1.29, 1.82) is 0 Å². The van der Waals surface area contributed by atoms with Gasteiger partial charge in [0.1, 0.15) is 30.5 Å². The first kappa shape index (κ1) is 23.7. The van der Waals surface area contributed by atoms with Gasteiger partial charge in [-0.05, 0) is 24.2 Å². The minimum absolute atomic E-state index is 0.242. The molecule has 28 heavy (non-hydrogen) atoms. The number of hydrogen-bond donors (Lipinski definition) is 7. The van der Waals surface area contributed by atoms with E-state index in [1.54, 1.807) is 0 Å². The zero-order valence-electron chi connectivity index (χ0n) is 16.5. The topological polar surface area (TPSA) is 160 Å². The second kappa shape index (κ2) is 9.03. The molecule has 9 nitrogen and oxygen atoms in total. The van der Waals surface area contributed by atoms with E-state index in [1.165, 1.54) is 12.2 Å². The third kappa shape index (κ3) is 4.58. The maximum absolute atomic E-state index is 11.2. The summed E-state index contributed by atoms with van der Waals surface area (Å²) in [5.41, 5.74) is -1.87. The molecule has 0 spiro atoms. The zero-order valence-corrected chi connectivity index (χ0v) is 16.5. The molecule has 2 rings (SSSR count). The normalized spacial score (nSPS) is 45.3. The van der Waals surface area contributed by atoms with Gasteiger partial charge in [-0.15, -0.1) is 0 Å². The Morgan fingerprint density at radius 3 is 2.29 bits per heavy atom. The molecular formula is C19H34O9. The molecule has 0 radical (unpaired) electrons. The van der Waals surface area contributed by atoms with Crippen LogP contribution in [0.25, 0.3) is 0 Å².